The molecule has 2 atom stereocenters. The lowest BCUT2D eigenvalue weighted by Gasteiger charge is -2.13. The van der Waals surface area contributed by atoms with Gasteiger partial charge in [0, 0.05) is 13.8 Å². The fourth-order valence-corrected chi connectivity index (χ4v) is 2.40. The first-order valence-corrected chi connectivity index (χ1v) is 5.71. The molecule has 1 aliphatic carbocycles. The number of rotatable bonds is 2. The van der Waals surface area contributed by atoms with Gasteiger partial charge in [0.25, 0.3) is 0 Å². The molecule has 0 radical (unpaired) electrons. The highest BCUT2D eigenvalue weighted by atomic mass is 16.2. The monoisotopic (exact) mass is 232 g/mol. The van der Waals surface area contributed by atoms with Gasteiger partial charge in [-0.05, 0) is 17.5 Å². The number of hydrogen-bond acceptors (Lipinski definition) is 2. The van der Waals surface area contributed by atoms with Gasteiger partial charge in [0.05, 0.1) is 12.1 Å². The summed E-state index contributed by atoms with van der Waals surface area (Å²) in [6, 6.07) is 7.89. The van der Waals surface area contributed by atoms with Crippen LogP contribution in [0.25, 0.3) is 0 Å². The number of amides is 2. The van der Waals surface area contributed by atoms with Crippen LogP contribution in [-0.2, 0) is 9.59 Å². The minimum absolute atomic E-state index is 0.000509. The van der Waals surface area contributed by atoms with Gasteiger partial charge in [0.1, 0.15) is 0 Å². The molecule has 0 saturated carbocycles. The average molecular weight is 232 g/mol. The molecule has 0 heterocycles. The molecule has 1 aromatic carbocycles. The Hall–Kier alpha value is -1.84. The first-order chi connectivity index (χ1) is 8.08. The van der Waals surface area contributed by atoms with Crippen LogP contribution in [0.1, 0.15) is 43.5 Å². The van der Waals surface area contributed by atoms with Crippen molar-refractivity contribution in [3.05, 3.63) is 35.4 Å². The Morgan fingerprint density at radius 3 is 1.76 bits per heavy atom. The van der Waals surface area contributed by atoms with E-state index in [0.29, 0.717) is 0 Å². The van der Waals surface area contributed by atoms with E-state index in [2.05, 4.69) is 10.6 Å². The van der Waals surface area contributed by atoms with Crippen LogP contribution >= 0.6 is 0 Å². The average Bonchev–Trinajstić information content (AvgIpc) is 2.56. The van der Waals surface area contributed by atoms with E-state index in [1.54, 1.807) is 0 Å². The first kappa shape index (κ1) is 11.6. The summed E-state index contributed by atoms with van der Waals surface area (Å²) >= 11 is 0. The van der Waals surface area contributed by atoms with Gasteiger partial charge < -0.3 is 10.6 Å². The third-order valence-electron chi connectivity index (χ3n) is 2.97. The minimum Gasteiger partial charge on any atom is -0.349 e. The topological polar surface area (TPSA) is 58.2 Å². The van der Waals surface area contributed by atoms with Gasteiger partial charge in [-0.1, -0.05) is 24.3 Å². The number of carbonyl (C=O) groups is 2. The van der Waals surface area contributed by atoms with Crippen LogP contribution < -0.4 is 10.6 Å². The SMILES string of the molecule is CC(=O)N[C@H]1C[C@H](NC(C)=O)c2ccccc21. The third kappa shape index (κ3) is 2.46. The number of hydrogen-bond donors (Lipinski definition) is 2. The van der Waals surface area contributed by atoms with Crippen molar-refractivity contribution in [3.63, 3.8) is 0 Å². The molecule has 1 aromatic rings. The second kappa shape index (κ2) is 4.57. The van der Waals surface area contributed by atoms with Crippen LogP contribution in [0.5, 0.6) is 0 Å². The molecule has 4 nitrogen and oxygen atoms in total. The van der Waals surface area contributed by atoms with Gasteiger partial charge in [-0.15, -0.1) is 0 Å². The molecule has 0 aliphatic heterocycles. The van der Waals surface area contributed by atoms with Gasteiger partial charge in [0.2, 0.25) is 11.8 Å². The third-order valence-corrected chi connectivity index (χ3v) is 2.97. The smallest absolute Gasteiger partial charge is 0.217 e. The number of carbonyl (C=O) groups excluding carboxylic acids is 2. The zero-order chi connectivity index (χ0) is 12.4. The summed E-state index contributed by atoms with van der Waals surface area (Å²) in [5.41, 5.74) is 2.20. The van der Waals surface area contributed by atoms with Crippen LogP contribution in [0.3, 0.4) is 0 Å². The van der Waals surface area contributed by atoms with Gasteiger partial charge in [-0.2, -0.15) is 0 Å². The van der Waals surface area contributed by atoms with Crippen molar-refractivity contribution < 1.29 is 9.59 Å². The molecular weight excluding hydrogens is 216 g/mol. The fraction of sp³-hybridized carbons (Fsp3) is 0.385. The Bertz CT molecular complexity index is 415. The molecule has 90 valence electrons. The Morgan fingerprint density at radius 1 is 1.00 bits per heavy atom. The Morgan fingerprint density at radius 2 is 1.41 bits per heavy atom. The summed E-state index contributed by atoms with van der Waals surface area (Å²) < 4.78 is 0. The van der Waals surface area contributed by atoms with Crippen molar-refractivity contribution in [1.29, 1.82) is 0 Å². The molecule has 0 saturated heterocycles. The highest BCUT2D eigenvalue weighted by molar-refractivity contribution is 5.75. The predicted octanol–water partition coefficient (Wildman–Crippen LogP) is 1.44. The maximum Gasteiger partial charge on any atom is 0.217 e. The van der Waals surface area contributed by atoms with E-state index in [0.717, 1.165) is 17.5 Å². The van der Waals surface area contributed by atoms with Crippen LogP contribution in [0.15, 0.2) is 24.3 Å². The summed E-state index contributed by atoms with van der Waals surface area (Å²) in [6.07, 6.45) is 0.721. The van der Waals surface area contributed by atoms with Crippen molar-refractivity contribution in [1.82, 2.24) is 10.6 Å². The molecule has 1 aliphatic rings. The normalized spacial score (nSPS) is 21.8. The second-order valence-electron chi connectivity index (χ2n) is 4.37. The van der Waals surface area contributed by atoms with Crippen molar-refractivity contribution >= 4 is 11.8 Å². The standard InChI is InChI=1S/C13H16N2O2/c1-8(16)14-12-7-13(15-9(2)17)11-6-4-3-5-10(11)12/h3-6,12-13H,7H2,1-2H3,(H,14,16)(H,15,17)/t12-,13-/m0/s1. The van der Waals surface area contributed by atoms with E-state index in [1.807, 2.05) is 24.3 Å². The van der Waals surface area contributed by atoms with Crippen molar-refractivity contribution in [3.8, 4) is 0 Å². The Balaban J connectivity index is 2.26. The summed E-state index contributed by atoms with van der Waals surface area (Å²) in [7, 11) is 0. The quantitative estimate of drug-likeness (QED) is 0.810. The molecule has 2 rings (SSSR count). The van der Waals surface area contributed by atoms with E-state index >= 15 is 0 Å². The molecule has 0 unspecified atom stereocenters. The largest absolute Gasteiger partial charge is 0.349 e. The molecule has 2 amide bonds. The highest BCUT2D eigenvalue weighted by Crippen LogP contribution is 2.38. The molecule has 4 heteroatoms. The van der Waals surface area contributed by atoms with Crippen molar-refractivity contribution in [2.24, 2.45) is 0 Å². The lowest BCUT2D eigenvalue weighted by Crippen LogP contribution is -2.27. The molecule has 0 bridgehead atoms. The van der Waals surface area contributed by atoms with Gasteiger partial charge in [0.15, 0.2) is 0 Å². The highest BCUT2D eigenvalue weighted by Gasteiger charge is 2.31. The van der Waals surface area contributed by atoms with Gasteiger partial charge in [-0.3, -0.25) is 9.59 Å². The van der Waals surface area contributed by atoms with E-state index in [4.69, 9.17) is 0 Å². The Kier molecular flexibility index (Phi) is 3.13. The van der Waals surface area contributed by atoms with Crippen LogP contribution in [0.2, 0.25) is 0 Å². The zero-order valence-electron chi connectivity index (χ0n) is 9.99. The summed E-state index contributed by atoms with van der Waals surface area (Å²) in [5.74, 6) is -0.0958. The van der Waals surface area contributed by atoms with E-state index in [-0.39, 0.29) is 23.9 Å². The first-order valence-electron chi connectivity index (χ1n) is 5.71. The molecule has 0 aromatic heterocycles. The fourth-order valence-electron chi connectivity index (χ4n) is 2.40. The van der Waals surface area contributed by atoms with Crippen LogP contribution in [0.4, 0.5) is 0 Å². The maximum atomic E-state index is 11.1. The van der Waals surface area contributed by atoms with Gasteiger partial charge in [-0.25, -0.2) is 0 Å². The van der Waals surface area contributed by atoms with Crippen molar-refractivity contribution in [2.75, 3.05) is 0 Å². The molecule has 17 heavy (non-hydrogen) atoms. The Labute approximate surface area is 100 Å². The molecule has 0 spiro atoms. The summed E-state index contributed by atoms with van der Waals surface area (Å²) in [4.78, 5) is 22.3. The van der Waals surface area contributed by atoms with Crippen LogP contribution in [-0.4, -0.2) is 11.8 Å². The summed E-state index contributed by atoms with van der Waals surface area (Å²) in [6.45, 7) is 3.02. The second-order valence-corrected chi connectivity index (χ2v) is 4.37. The lowest BCUT2D eigenvalue weighted by molar-refractivity contribution is -0.119. The number of nitrogens with one attached hydrogen (secondary N) is 2. The number of fused-ring (bicyclic) bond motifs is 1. The predicted molar refractivity (Wildman–Crippen MR) is 64.2 cm³/mol. The summed E-state index contributed by atoms with van der Waals surface area (Å²) in [5, 5.41) is 5.82. The molecular formula is C13H16N2O2. The number of benzene rings is 1. The lowest BCUT2D eigenvalue weighted by atomic mass is 10.1. The minimum atomic E-state index is -0.0479. The van der Waals surface area contributed by atoms with E-state index in [9.17, 15) is 9.59 Å². The van der Waals surface area contributed by atoms with E-state index in [1.165, 1.54) is 13.8 Å². The van der Waals surface area contributed by atoms with Crippen molar-refractivity contribution in [2.45, 2.75) is 32.4 Å². The maximum absolute atomic E-state index is 11.1. The van der Waals surface area contributed by atoms with E-state index < -0.39 is 0 Å². The molecule has 2 N–H and O–H groups in total. The molecule has 0 fully saturated rings. The van der Waals surface area contributed by atoms with Crippen LogP contribution in [0, 0.1) is 0 Å². The van der Waals surface area contributed by atoms with Gasteiger partial charge >= 0.3 is 0 Å². The zero-order valence-corrected chi connectivity index (χ0v) is 9.99.